The monoisotopic (exact) mass is 245 g/mol. The van der Waals surface area contributed by atoms with Crippen LogP contribution in [0.5, 0.6) is 5.75 Å². The third-order valence-electron chi connectivity index (χ3n) is 2.87. The van der Waals surface area contributed by atoms with Crippen LogP contribution in [0.1, 0.15) is 0 Å². The van der Waals surface area contributed by atoms with Crippen LogP contribution in [0.25, 0.3) is 0 Å². The highest BCUT2D eigenvalue weighted by atomic mass is 35.5. The van der Waals surface area contributed by atoms with Crippen LogP contribution in [0, 0.1) is 0 Å². The zero-order valence-corrected chi connectivity index (χ0v) is 10.0. The lowest BCUT2D eigenvalue weighted by Gasteiger charge is -2.31. The van der Waals surface area contributed by atoms with Gasteiger partial charge in [-0.05, 0) is 24.3 Å². The normalized spacial score (nSPS) is 14.1. The second kappa shape index (κ2) is 4.30. The van der Waals surface area contributed by atoms with Crippen LogP contribution < -0.4 is 9.64 Å². The van der Waals surface area contributed by atoms with E-state index in [1.54, 1.807) is 0 Å². The summed E-state index contributed by atoms with van der Waals surface area (Å²) in [7, 11) is 0. The number of benzene rings is 2. The van der Waals surface area contributed by atoms with Gasteiger partial charge < -0.3 is 9.64 Å². The van der Waals surface area contributed by atoms with Gasteiger partial charge in [-0.2, -0.15) is 0 Å². The molecule has 0 bridgehead atoms. The fraction of sp³-hybridized carbons (Fsp3) is 0.143. The van der Waals surface area contributed by atoms with Gasteiger partial charge in [0.05, 0.1) is 22.9 Å². The summed E-state index contributed by atoms with van der Waals surface area (Å²) in [5.41, 5.74) is 2.11. The molecule has 0 amide bonds. The highest BCUT2D eigenvalue weighted by Gasteiger charge is 2.20. The van der Waals surface area contributed by atoms with Crippen molar-refractivity contribution >= 4 is 23.0 Å². The number of hydrogen-bond acceptors (Lipinski definition) is 2. The number of ether oxygens (including phenoxy) is 1. The lowest BCUT2D eigenvalue weighted by molar-refractivity contribution is 0.314. The molecule has 0 radical (unpaired) electrons. The Kier molecular flexibility index (Phi) is 2.65. The highest BCUT2D eigenvalue weighted by Crippen LogP contribution is 2.38. The Balaban J connectivity index is 2.09. The lowest BCUT2D eigenvalue weighted by atomic mass is 10.2. The van der Waals surface area contributed by atoms with Crippen molar-refractivity contribution in [3.05, 3.63) is 53.6 Å². The molecule has 0 aromatic heterocycles. The molecule has 17 heavy (non-hydrogen) atoms. The largest absolute Gasteiger partial charge is 0.490 e. The maximum absolute atomic E-state index is 6.24. The average Bonchev–Trinajstić information content (AvgIpc) is 2.39. The van der Waals surface area contributed by atoms with Crippen molar-refractivity contribution in [1.29, 1.82) is 0 Å². The van der Waals surface area contributed by atoms with Crippen molar-refractivity contribution in [2.75, 3.05) is 18.1 Å². The van der Waals surface area contributed by atoms with Crippen LogP contribution in [0.2, 0.25) is 5.02 Å². The van der Waals surface area contributed by atoms with E-state index in [0.29, 0.717) is 6.61 Å². The van der Waals surface area contributed by atoms with Crippen LogP contribution in [0.4, 0.5) is 11.4 Å². The summed E-state index contributed by atoms with van der Waals surface area (Å²) >= 11 is 6.24. The lowest BCUT2D eigenvalue weighted by Crippen LogP contribution is -2.28. The Morgan fingerprint density at radius 2 is 1.65 bits per heavy atom. The van der Waals surface area contributed by atoms with Crippen molar-refractivity contribution in [1.82, 2.24) is 0 Å². The third-order valence-corrected chi connectivity index (χ3v) is 3.19. The van der Waals surface area contributed by atoms with Gasteiger partial charge in [0.15, 0.2) is 0 Å². The first-order chi connectivity index (χ1) is 8.36. The van der Waals surface area contributed by atoms with Gasteiger partial charge in [-0.1, -0.05) is 35.9 Å². The second-order valence-electron chi connectivity index (χ2n) is 3.92. The zero-order chi connectivity index (χ0) is 11.7. The van der Waals surface area contributed by atoms with Crippen LogP contribution in [-0.2, 0) is 0 Å². The molecule has 2 aromatic rings. The molecule has 3 heteroatoms. The third kappa shape index (κ3) is 1.85. The molecular weight excluding hydrogens is 234 g/mol. The highest BCUT2D eigenvalue weighted by molar-refractivity contribution is 6.33. The van der Waals surface area contributed by atoms with Crippen LogP contribution >= 0.6 is 11.6 Å². The molecule has 0 saturated carbocycles. The van der Waals surface area contributed by atoms with E-state index in [2.05, 4.69) is 11.0 Å². The molecule has 1 aliphatic rings. The molecule has 2 aromatic carbocycles. The summed E-state index contributed by atoms with van der Waals surface area (Å²) in [6.07, 6.45) is 0. The molecule has 0 atom stereocenters. The molecule has 2 nitrogen and oxygen atoms in total. The van der Waals surface area contributed by atoms with Gasteiger partial charge >= 0.3 is 0 Å². The first-order valence-corrected chi connectivity index (χ1v) is 5.98. The van der Waals surface area contributed by atoms with Gasteiger partial charge in [0.1, 0.15) is 12.4 Å². The van der Waals surface area contributed by atoms with Gasteiger partial charge in [-0.15, -0.1) is 0 Å². The summed E-state index contributed by atoms with van der Waals surface area (Å²) in [6.45, 7) is 1.50. The predicted molar refractivity (Wildman–Crippen MR) is 70.4 cm³/mol. The predicted octanol–water partition coefficient (Wildman–Crippen LogP) is 3.87. The van der Waals surface area contributed by atoms with Gasteiger partial charge in [0, 0.05) is 0 Å². The molecule has 3 rings (SSSR count). The maximum atomic E-state index is 6.24. The zero-order valence-electron chi connectivity index (χ0n) is 9.27. The fourth-order valence-corrected chi connectivity index (χ4v) is 2.33. The minimum Gasteiger partial charge on any atom is -0.490 e. The Morgan fingerprint density at radius 1 is 0.941 bits per heavy atom. The maximum Gasteiger partial charge on any atom is 0.143 e. The number of fused-ring (bicyclic) bond motifs is 1. The van der Waals surface area contributed by atoms with Crippen molar-refractivity contribution < 1.29 is 4.74 Å². The number of rotatable bonds is 1. The number of nitrogens with zero attached hydrogens (tertiary/aromatic N) is 1. The first kappa shape index (κ1) is 10.5. The van der Waals surface area contributed by atoms with E-state index in [9.17, 15) is 0 Å². The fourth-order valence-electron chi connectivity index (χ4n) is 2.09. The number of para-hydroxylation sites is 3. The van der Waals surface area contributed by atoms with E-state index in [1.165, 1.54) is 0 Å². The summed E-state index contributed by atoms with van der Waals surface area (Å²) in [5.74, 6) is 0.915. The Bertz CT molecular complexity index is 541. The van der Waals surface area contributed by atoms with Gasteiger partial charge in [0.2, 0.25) is 0 Å². The molecule has 0 saturated heterocycles. The minimum absolute atomic E-state index is 0.683. The van der Waals surface area contributed by atoms with E-state index in [4.69, 9.17) is 16.3 Å². The molecule has 0 aliphatic carbocycles. The van der Waals surface area contributed by atoms with E-state index in [0.717, 1.165) is 28.7 Å². The summed E-state index contributed by atoms with van der Waals surface area (Å²) in [4.78, 5) is 2.20. The van der Waals surface area contributed by atoms with Crippen LogP contribution in [-0.4, -0.2) is 13.2 Å². The summed E-state index contributed by atoms with van der Waals surface area (Å²) in [6, 6.07) is 15.9. The summed E-state index contributed by atoms with van der Waals surface area (Å²) in [5, 5.41) is 0.768. The van der Waals surface area contributed by atoms with E-state index in [1.807, 2.05) is 42.5 Å². The van der Waals surface area contributed by atoms with Crippen molar-refractivity contribution in [3.63, 3.8) is 0 Å². The Hall–Kier alpha value is -1.67. The minimum atomic E-state index is 0.683. The number of anilines is 2. The Labute approximate surface area is 105 Å². The van der Waals surface area contributed by atoms with E-state index >= 15 is 0 Å². The smallest absolute Gasteiger partial charge is 0.143 e. The van der Waals surface area contributed by atoms with Gasteiger partial charge in [0.25, 0.3) is 0 Å². The van der Waals surface area contributed by atoms with Crippen molar-refractivity contribution in [2.45, 2.75) is 0 Å². The van der Waals surface area contributed by atoms with E-state index in [-0.39, 0.29) is 0 Å². The van der Waals surface area contributed by atoms with Crippen molar-refractivity contribution in [2.24, 2.45) is 0 Å². The molecular formula is C14H12ClNO. The molecule has 1 heterocycles. The number of hydrogen-bond donors (Lipinski definition) is 0. The SMILES string of the molecule is Clc1ccccc1N1CCOc2ccccc21. The van der Waals surface area contributed by atoms with E-state index < -0.39 is 0 Å². The standard InChI is InChI=1S/C14H12ClNO/c15-11-5-1-2-6-12(11)16-9-10-17-14-8-4-3-7-13(14)16/h1-8H,9-10H2. The van der Waals surface area contributed by atoms with Gasteiger partial charge in [-0.3, -0.25) is 0 Å². The quantitative estimate of drug-likeness (QED) is 0.756. The molecule has 1 aliphatic heterocycles. The summed E-state index contributed by atoms with van der Waals surface area (Å²) < 4.78 is 5.63. The first-order valence-electron chi connectivity index (χ1n) is 5.60. The van der Waals surface area contributed by atoms with Gasteiger partial charge in [-0.25, -0.2) is 0 Å². The average molecular weight is 246 g/mol. The van der Waals surface area contributed by atoms with Crippen LogP contribution in [0.15, 0.2) is 48.5 Å². The molecule has 0 N–H and O–H groups in total. The van der Waals surface area contributed by atoms with Crippen LogP contribution in [0.3, 0.4) is 0 Å². The molecule has 0 unspecified atom stereocenters. The Morgan fingerprint density at radius 3 is 2.47 bits per heavy atom. The molecule has 0 fully saturated rings. The molecule has 86 valence electrons. The topological polar surface area (TPSA) is 12.5 Å². The van der Waals surface area contributed by atoms with Crippen molar-refractivity contribution in [3.8, 4) is 5.75 Å². The second-order valence-corrected chi connectivity index (χ2v) is 4.33. The number of halogens is 1. The molecule has 0 spiro atoms.